The average Bonchev–Trinajstić information content (AvgIpc) is 3.39. The van der Waals surface area contributed by atoms with Gasteiger partial charge in [-0.2, -0.15) is 5.10 Å². The number of amides is 1. The third kappa shape index (κ3) is 4.23. The van der Waals surface area contributed by atoms with E-state index >= 15 is 0 Å². The molecule has 3 heterocycles. The van der Waals surface area contributed by atoms with Gasteiger partial charge in [-0.25, -0.2) is 0 Å². The van der Waals surface area contributed by atoms with Crippen LogP contribution in [0.3, 0.4) is 0 Å². The maximum absolute atomic E-state index is 12.4. The molecule has 1 fully saturated rings. The second-order valence-corrected chi connectivity index (χ2v) is 9.65. The number of hydrogen-bond acceptors (Lipinski definition) is 5. The predicted octanol–water partition coefficient (Wildman–Crippen LogP) is 5.00. The molecule has 0 spiro atoms. The number of carbonyl (C=O) groups excluding carboxylic acids is 1. The van der Waals surface area contributed by atoms with E-state index in [0.717, 1.165) is 57.5 Å². The van der Waals surface area contributed by atoms with Crippen molar-refractivity contribution in [3.05, 3.63) is 53.5 Å². The van der Waals surface area contributed by atoms with Crippen molar-refractivity contribution in [1.29, 1.82) is 0 Å². The number of carbonyl (C=O) groups is 1. The standard InChI is InChI=1S/C24H27N5OS/c1-15(2)26-24(30)23-11-16-5-7-20(12-22(16)31-23)29-9-3-4-19(14-29)27-18-6-8-21-17(10-18)13-25-28-21/h5-8,10-13,15,19,27H,3-4,9,14H2,1-2H3,(H,25,28)(H,26,30). The summed E-state index contributed by atoms with van der Waals surface area (Å²) in [6.07, 6.45) is 4.16. The minimum Gasteiger partial charge on any atom is -0.381 e. The molecule has 0 bridgehead atoms. The van der Waals surface area contributed by atoms with E-state index in [4.69, 9.17) is 0 Å². The monoisotopic (exact) mass is 433 g/mol. The highest BCUT2D eigenvalue weighted by molar-refractivity contribution is 7.20. The molecule has 31 heavy (non-hydrogen) atoms. The van der Waals surface area contributed by atoms with Gasteiger partial charge in [0.15, 0.2) is 0 Å². The smallest absolute Gasteiger partial charge is 0.261 e. The lowest BCUT2D eigenvalue weighted by Crippen LogP contribution is -2.42. The topological polar surface area (TPSA) is 73.1 Å². The summed E-state index contributed by atoms with van der Waals surface area (Å²) in [6, 6.07) is 15.4. The van der Waals surface area contributed by atoms with E-state index in [2.05, 4.69) is 62.1 Å². The number of H-pyrrole nitrogens is 1. The Labute approximate surface area is 185 Å². The highest BCUT2D eigenvalue weighted by atomic mass is 32.1. The highest BCUT2D eigenvalue weighted by Crippen LogP contribution is 2.31. The minimum absolute atomic E-state index is 0.00887. The molecule has 3 N–H and O–H groups in total. The van der Waals surface area contributed by atoms with Crippen molar-refractivity contribution >= 4 is 49.6 Å². The molecule has 0 saturated carbocycles. The number of fused-ring (bicyclic) bond motifs is 2. The molecule has 1 aliphatic heterocycles. The first kappa shape index (κ1) is 19.9. The lowest BCUT2D eigenvalue weighted by Gasteiger charge is -2.35. The van der Waals surface area contributed by atoms with Crippen molar-refractivity contribution in [3.63, 3.8) is 0 Å². The number of hydrogen-bond donors (Lipinski definition) is 3. The van der Waals surface area contributed by atoms with Gasteiger partial charge in [0, 0.05) is 46.6 Å². The molecular formula is C24H27N5OS. The first-order chi connectivity index (χ1) is 15.0. The second kappa shape index (κ2) is 8.23. The molecule has 1 atom stereocenters. The summed E-state index contributed by atoms with van der Waals surface area (Å²) in [4.78, 5) is 15.6. The number of benzene rings is 2. The number of aromatic amines is 1. The van der Waals surface area contributed by atoms with Crippen LogP contribution in [0, 0.1) is 0 Å². The third-order valence-electron chi connectivity index (χ3n) is 5.74. The van der Waals surface area contributed by atoms with Crippen LogP contribution in [-0.2, 0) is 0 Å². The van der Waals surface area contributed by atoms with E-state index in [1.165, 1.54) is 5.69 Å². The summed E-state index contributed by atoms with van der Waals surface area (Å²) >= 11 is 1.57. The SMILES string of the molecule is CC(C)NC(=O)c1cc2ccc(N3CCCC(Nc4ccc5[nH]ncc5c4)C3)cc2s1. The predicted molar refractivity (Wildman–Crippen MR) is 129 cm³/mol. The molecule has 160 valence electrons. The molecule has 0 aliphatic carbocycles. The van der Waals surface area contributed by atoms with Crippen molar-refractivity contribution in [2.24, 2.45) is 0 Å². The van der Waals surface area contributed by atoms with Crippen LogP contribution in [-0.4, -0.2) is 41.3 Å². The van der Waals surface area contributed by atoms with Crippen LogP contribution in [0.1, 0.15) is 36.4 Å². The molecule has 1 aliphatic rings. The first-order valence-electron chi connectivity index (χ1n) is 10.8. The van der Waals surface area contributed by atoms with Crippen molar-refractivity contribution < 1.29 is 4.79 Å². The first-order valence-corrected chi connectivity index (χ1v) is 11.7. The molecular weight excluding hydrogens is 406 g/mol. The number of nitrogens with one attached hydrogen (secondary N) is 3. The summed E-state index contributed by atoms with van der Waals surface area (Å²) < 4.78 is 1.16. The molecule has 7 heteroatoms. The number of anilines is 2. The van der Waals surface area contributed by atoms with Gasteiger partial charge in [0.25, 0.3) is 5.91 Å². The summed E-state index contributed by atoms with van der Waals surface area (Å²) in [5.41, 5.74) is 3.42. The number of aromatic nitrogens is 2. The van der Waals surface area contributed by atoms with Crippen LogP contribution >= 0.6 is 11.3 Å². The van der Waals surface area contributed by atoms with Crippen molar-refractivity contribution in [2.75, 3.05) is 23.3 Å². The summed E-state index contributed by atoms with van der Waals surface area (Å²) in [7, 11) is 0. The molecule has 2 aromatic carbocycles. The Morgan fingerprint density at radius 1 is 1.19 bits per heavy atom. The third-order valence-corrected chi connectivity index (χ3v) is 6.84. The number of rotatable bonds is 5. The zero-order valence-electron chi connectivity index (χ0n) is 17.8. The fraction of sp³-hybridized carbons (Fsp3) is 0.333. The van der Waals surface area contributed by atoms with E-state index in [0.29, 0.717) is 6.04 Å². The van der Waals surface area contributed by atoms with Crippen LogP contribution in [0.2, 0.25) is 0 Å². The highest BCUT2D eigenvalue weighted by Gasteiger charge is 2.21. The Morgan fingerprint density at radius 3 is 2.97 bits per heavy atom. The molecule has 1 amide bonds. The normalized spacial score (nSPS) is 16.9. The fourth-order valence-electron chi connectivity index (χ4n) is 4.26. The van der Waals surface area contributed by atoms with Crippen LogP contribution in [0.15, 0.2) is 48.7 Å². The van der Waals surface area contributed by atoms with Gasteiger partial charge in [-0.05, 0) is 68.5 Å². The Morgan fingerprint density at radius 2 is 2.10 bits per heavy atom. The number of nitrogens with zero attached hydrogens (tertiary/aromatic N) is 2. The average molecular weight is 434 g/mol. The van der Waals surface area contributed by atoms with Crippen molar-refractivity contribution in [3.8, 4) is 0 Å². The molecule has 5 rings (SSSR count). The molecule has 4 aromatic rings. The van der Waals surface area contributed by atoms with E-state index in [1.54, 1.807) is 11.3 Å². The lowest BCUT2D eigenvalue weighted by molar-refractivity contribution is 0.0947. The van der Waals surface area contributed by atoms with Gasteiger partial charge in [0.2, 0.25) is 0 Å². The zero-order valence-corrected chi connectivity index (χ0v) is 18.6. The molecule has 6 nitrogen and oxygen atoms in total. The Balaban J connectivity index is 1.31. The van der Waals surface area contributed by atoms with Crippen LogP contribution in [0.25, 0.3) is 21.0 Å². The van der Waals surface area contributed by atoms with Gasteiger partial charge >= 0.3 is 0 Å². The van der Waals surface area contributed by atoms with E-state index in [9.17, 15) is 4.79 Å². The van der Waals surface area contributed by atoms with Gasteiger partial charge in [-0.1, -0.05) is 6.07 Å². The quantitative estimate of drug-likeness (QED) is 0.414. The molecule has 1 unspecified atom stereocenters. The van der Waals surface area contributed by atoms with Gasteiger partial charge in [-0.15, -0.1) is 11.3 Å². The number of piperidine rings is 1. The van der Waals surface area contributed by atoms with Crippen molar-refractivity contribution in [2.45, 2.75) is 38.8 Å². The maximum Gasteiger partial charge on any atom is 0.261 e. The van der Waals surface area contributed by atoms with Gasteiger partial charge < -0.3 is 15.5 Å². The molecule has 2 aromatic heterocycles. The van der Waals surface area contributed by atoms with E-state index in [-0.39, 0.29) is 11.9 Å². The van der Waals surface area contributed by atoms with Crippen LogP contribution in [0.5, 0.6) is 0 Å². The van der Waals surface area contributed by atoms with Crippen LogP contribution in [0.4, 0.5) is 11.4 Å². The van der Waals surface area contributed by atoms with Crippen molar-refractivity contribution in [1.82, 2.24) is 15.5 Å². The zero-order chi connectivity index (χ0) is 21.4. The van der Waals surface area contributed by atoms with Gasteiger partial charge in [0.05, 0.1) is 16.6 Å². The van der Waals surface area contributed by atoms with Crippen LogP contribution < -0.4 is 15.5 Å². The maximum atomic E-state index is 12.4. The summed E-state index contributed by atoms with van der Waals surface area (Å²) in [5, 5.41) is 16.0. The minimum atomic E-state index is 0.00887. The van der Waals surface area contributed by atoms with Gasteiger partial charge in [-0.3, -0.25) is 9.89 Å². The fourth-order valence-corrected chi connectivity index (χ4v) is 5.26. The summed E-state index contributed by atoms with van der Waals surface area (Å²) in [6.45, 7) is 5.98. The lowest BCUT2D eigenvalue weighted by atomic mass is 10.0. The molecule has 1 saturated heterocycles. The second-order valence-electron chi connectivity index (χ2n) is 8.56. The number of thiophene rings is 1. The molecule has 0 radical (unpaired) electrons. The Hall–Kier alpha value is -3.06. The van der Waals surface area contributed by atoms with E-state index < -0.39 is 0 Å². The van der Waals surface area contributed by atoms with Gasteiger partial charge in [0.1, 0.15) is 0 Å². The summed E-state index contributed by atoms with van der Waals surface area (Å²) in [5.74, 6) is 0.00887. The van der Waals surface area contributed by atoms with E-state index in [1.807, 2.05) is 26.1 Å². The Bertz CT molecular complexity index is 1230. The Kier molecular flexibility index (Phi) is 5.28. The largest absolute Gasteiger partial charge is 0.381 e.